The lowest BCUT2D eigenvalue weighted by molar-refractivity contribution is 0.0399. The number of nitrogens with zero attached hydrogens (tertiary/aromatic N) is 1. The van der Waals surface area contributed by atoms with Crippen molar-refractivity contribution < 1.29 is 9.84 Å². The average Bonchev–Trinajstić information content (AvgIpc) is 2.32. The summed E-state index contributed by atoms with van der Waals surface area (Å²) >= 11 is 0. The SMILES string of the molecule is C#CCNC(=C)N1CC(Oc2ccc(O)cc2)C1. The summed E-state index contributed by atoms with van der Waals surface area (Å²) in [5, 5.41) is 12.2. The predicted octanol–water partition coefficient (Wildman–Crippen LogP) is 1.15. The van der Waals surface area contributed by atoms with E-state index in [1.54, 1.807) is 24.3 Å². The van der Waals surface area contributed by atoms with Crippen molar-refractivity contribution in [1.82, 2.24) is 10.2 Å². The minimum atomic E-state index is 0.152. The molecule has 4 heteroatoms. The minimum Gasteiger partial charge on any atom is -0.508 e. The molecule has 1 aliphatic rings. The summed E-state index contributed by atoms with van der Waals surface area (Å²) in [7, 11) is 0. The Kier molecular flexibility index (Phi) is 3.63. The number of phenols is 1. The van der Waals surface area contributed by atoms with E-state index in [-0.39, 0.29) is 11.9 Å². The lowest BCUT2D eigenvalue weighted by atomic mass is 10.1. The summed E-state index contributed by atoms with van der Waals surface area (Å²) < 4.78 is 5.73. The Morgan fingerprint density at radius 1 is 1.50 bits per heavy atom. The molecule has 4 nitrogen and oxygen atoms in total. The molecule has 18 heavy (non-hydrogen) atoms. The van der Waals surface area contributed by atoms with Crippen LogP contribution in [0.4, 0.5) is 0 Å². The molecule has 1 aliphatic heterocycles. The van der Waals surface area contributed by atoms with Crippen molar-refractivity contribution >= 4 is 0 Å². The number of nitrogens with one attached hydrogen (secondary N) is 1. The van der Waals surface area contributed by atoms with Gasteiger partial charge in [0.1, 0.15) is 17.6 Å². The van der Waals surface area contributed by atoms with Crippen molar-refractivity contribution in [3.8, 4) is 23.8 Å². The fraction of sp³-hybridized carbons (Fsp3) is 0.286. The van der Waals surface area contributed by atoms with Gasteiger partial charge in [-0.25, -0.2) is 0 Å². The second-order valence-electron chi connectivity index (χ2n) is 4.14. The monoisotopic (exact) mass is 244 g/mol. The van der Waals surface area contributed by atoms with E-state index in [1.807, 2.05) is 0 Å². The number of ether oxygens (including phenoxy) is 1. The van der Waals surface area contributed by atoms with E-state index >= 15 is 0 Å². The van der Waals surface area contributed by atoms with E-state index in [4.69, 9.17) is 16.3 Å². The molecule has 1 heterocycles. The van der Waals surface area contributed by atoms with Crippen molar-refractivity contribution in [3.63, 3.8) is 0 Å². The molecule has 94 valence electrons. The number of aromatic hydroxyl groups is 1. The van der Waals surface area contributed by atoms with Gasteiger partial charge in [0.15, 0.2) is 0 Å². The van der Waals surface area contributed by atoms with Crippen LogP contribution in [0.5, 0.6) is 11.5 Å². The molecule has 0 radical (unpaired) electrons. The zero-order valence-electron chi connectivity index (χ0n) is 10.1. The zero-order chi connectivity index (χ0) is 13.0. The molecule has 1 fully saturated rings. The average molecular weight is 244 g/mol. The summed E-state index contributed by atoms with van der Waals surface area (Å²) in [6, 6.07) is 6.73. The fourth-order valence-electron chi connectivity index (χ4n) is 1.72. The third-order valence-electron chi connectivity index (χ3n) is 2.76. The Morgan fingerprint density at radius 2 is 2.17 bits per heavy atom. The van der Waals surface area contributed by atoms with Gasteiger partial charge in [-0.05, 0) is 24.3 Å². The summed E-state index contributed by atoms with van der Waals surface area (Å²) in [5.41, 5.74) is 0. The summed E-state index contributed by atoms with van der Waals surface area (Å²) in [6.07, 6.45) is 5.31. The molecule has 1 aromatic carbocycles. The van der Waals surface area contributed by atoms with Gasteiger partial charge in [0, 0.05) is 0 Å². The second-order valence-corrected chi connectivity index (χ2v) is 4.14. The van der Waals surface area contributed by atoms with Crippen LogP contribution in [0.2, 0.25) is 0 Å². The summed E-state index contributed by atoms with van der Waals surface area (Å²) in [4.78, 5) is 2.07. The van der Waals surface area contributed by atoms with Crippen LogP contribution in [0.25, 0.3) is 0 Å². The molecule has 0 unspecified atom stereocenters. The van der Waals surface area contributed by atoms with Gasteiger partial charge in [0.2, 0.25) is 0 Å². The van der Waals surface area contributed by atoms with Crippen LogP contribution in [-0.4, -0.2) is 35.7 Å². The van der Waals surface area contributed by atoms with Gasteiger partial charge in [-0.2, -0.15) is 0 Å². The van der Waals surface area contributed by atoms with Gasteiger partial charge in [-0.3, -0.25) is 0 Å². The normalized spacial score (nSPS) is 14.5. The Balaban J connectivity index is 1.75. The molecule has 1 aromatic rings. The lowest BCUT2D eigenvalue weighted by Crippen LogP contribution is -2.54. The number of rotatable bonds is 5. The van der Waals surface area contributed by atoms with Gasteiger partial charge in [0.05, 0.1) is 25.5 Å². The largest absolute Gasteiger partial charge is 0.508 e. The van der Waals surface area contributed by atoms with Crippen LogP contribution in [0.15, 0.2) is 36.7 Å². The maximum atomic E-state index is 9.16. The highest BCUT2D eigenvalue weighted by molar-refractivity contribution is 5.30. The number of terminal acetylenes is 1. The van der Waals surface area contributed by atoms with Crippen LogP contribution in [0, 0.1) is 12.3 Å². The highest BCUT2D eigenvalue weighted by Crippen LogP contribution is 2.21. The summed E-state index contributed by atoms with van der Waals surface area (Å²) in [5.74, 6) is 4.34. The molecule has 0 bridgehead atoms. The summed E-state index contributed by atoms with van der Waals surface area (Å²) in [6.45, 7) is 5.96. The molecule has 0 spiro atoms. The van der Waals surface area contributed by atoms with E-state index in [9.17, 15) is 0 Å². The number of benzene rings is 1. The van der Waals surface area contributed by atoms with Crippen molar-refractivity contribution in [2.24, 2.45) is 0 Å². The molecule has 1 saturated heterocycles. The number of likely N-dealkylation sites (tertiary alicyclic amines) is 1. The van der Waals surface area contributed by atoms with Crippen molar-refractivity contribution in [2.75, 3.05) is 19.6 Å². The highest BCUT2D eigenvalue weighted by atomic mass is 16.5. The van der Waals surface area contributed by atoms with Crippen LogP contribution in [-0.2, 0) is 0 Å². The third kappa shape index (κ3) is 2.89. The van der Waals surface area contributed by atoms with E-state index in [1.165, 1.54) is 0 Å². The maximum Gasteiger partial charge on any atom is 0.134 e. The van der Waals surface area contributed by atoms with Crippen LogP contribution < -0.4 is 10.1 Å². The van der Waals surface area contributed by atoms with Crippen molar-refractivity contribution in [2.45, 2.75) is 6.10 Å². The third-order valence-corrected chi connectivity index (χ3v) is 2.76. The van der Waals surface area contributed by atoms with Crippen LogP contribution in [0.3, 0.4) is 0 Å². The molecule has 0 atom stereocenters. The Bertz CT molecular complexity index is 456. The number of hydrogen-bond donors (Lipinski definition) is 2. The van der Waals surface area contributed by atoms with Crippen LogP contribution >= 0.6 is 0 Å². The standard InChI is InChI=1S/C14H16N2O2/c1-3-8-15-11(2)16-9-14(10-16)18-13-6-4-12(17)5-7-13/h1,4-7,14-15,17H,2,8-10H2. The maximum absolute atomic E-state index is 9.16. The predicted molar refractivity (Wildman–Crippen MR) is 70.1 cm³/mol. The first-order valence-corrected chi connectivity index (χ1v) is 5.76. The molecule has 2 rings (SSSR count). The lowest BCUT2D eigenvalue weighted by Gasteiger charge is -2.41. The van der Waals surface area contributed by atoms with E-state index < -0.39 is 0 Å². The molecular formula is C14H16N2O2. The fourth-order valence-corrected chi connectivity index (χ4v) is 1.72. The van der Waals surface area contributed by atoms with Gasteiger partial charge in [-0.15, -0.1) is 6.42 Å². The first-order valence-electron chi connectivity index (χ1n) is 5.76. The van der Waals surface area contributed by atoms with Gasteiger partial charge >= 0.3 is 0 Å². The van der Waals surface area contributed by atoms with Gasteiger partial charge < -0.3 is 20.1 Å². The Labute approximate surface area is 107 Å². The van der Waals surface area contributed by atoms with Crippen LogP contribution in [0.1, 0.15) is 0 Å². The molecule has 0 saturated carbocycles. The number of phenolic OH excluding ortho intramolecular Hbond substituents is 1. The van der Waals surface area contributed by atoms with Gasteiger partial charge in [0.25, 0.3) is 0 Å². The second kappa shape index (κ2) is 5.37. The number of hydrogen-bond acceptors (Lipinski definition) is 4. The van der Waals surface area contributed by atoms with E-state index in [0.717, 1.165) is 24.7 Å². The van der Waals surface area contributed by atoms with E-state index in [2.05, 4.69) is 22.7 Å². The molecule has 0 amide bonds. The van der Waals surface area contributed by atoms with Gasteiger partial charge in [-0.1, -0.05) is 12.5 Å². The highest BCUT2D eigenvalue weighted by Gasteiger charge is 2.29. The smallest absolute Gasteiger partial charge is 0.134 e. The van der Waals surface area contributed by atoms with E-state index in [0.29, 0.717) is 6.54 Å². The zero-order valence-corrected chi connectivity index (χ0v) is 10.1. The van der Waals surface area contributed by atoms with Crippen molar-refractivity contribution in [3.05, 3.63) is 36.7 Å². The molecule has 0 aliphatic carbocycles. The minimum absolute atomic E-state index is 0.152. The first-order chi connectivity index (χ1) is 8.69. The Morgan fingerprint density at radius 3 is 2.78 bits per heavy atom. The molecule has 0 aromatic heterocycles. The first kappa shape index (κ1) is 12.2. The molecular weight excluding hydrogens is 228 g/mol. The topological polar surface area (TPSA) is 44.7 Å². The molecule has 2 N–H and O–H groups in total. The quantitative estimate of drug-likeness (QED) is 0.763. The Hall–Kier alpha value is -2.28. The van der Waals surface area contributed by atoms with Crippen molar-refractivity contribution in [1.29, 1.82) is 0 Å².